The number of anilines is 1. The average molecular weight is 394 g/mol. The van der Waals surface area contributed by atoms with Crippen molar-refractivity contribution in [3.63, 3.8) is 0 Å². The number of piperidine rings is 1. The molecule has 2 amide bonds. The van der Waals surface area contributed by atoms with Gasteiger partial charge in [-0.05, 0) is 62.2 Å². The molecule has 29 heavy (non-hydrogen) atoms. The lowest BCUT2D eigenvalue weighted by atomic mass is 9.95. The summed E-state index contributed by atoms with van der Waals surface area (Å²) in [7, 11) is 0. The molecule has 2 aliphatic heterocycles. The highest BCUT2D eigenvalue weighted by atomic mass is 16.7. The van der Waals surface area contributed by atoms with Crippen molar-refractivity contribution in [3.8, 4) is 11.5 Å². The highest BCUT2D eigenvalue weighted by Crippen LogP contribution is 2.33. The summed E-state index contributed by atoms with van der Waals surface area (Å²) in [6.45, 7) is 2.72. The number of benzene rings is 2. The SMILES string of the molecule is CC(=O)c1ccc(NC(=O)C2CCN(C(=O)c3ccc4c(c3)OCO4)CC2)cc1. The van der Waals surface area contributed by atoms with Crippen molar-refractivity contribution in [1.82, 2.24) is 4.90 Å². The van der Waals surface area contributed by atoms with E-state index < -0.39 is 0 Å². The first-order valence-electron chi connectivity index (χ1n) is 9.62. The van der Waals surface area contributed by atoms with E-state index in [2.05, 4.69) is 5.32 Å². The Morgan fingerprint density at radius 1 is 0.931 bits per heavy atom. The Morgan fingerprint density at radius 3 is 2.28 bits per heavy atom. The third kappa shape index (κ3) is 4.08. The number of carbonyl (C=O) groups is 3. The number of ketones is 1. The summed E-state index contributed by atoms with van der Waals surface area (Å²) in [6.07, 6.45) is 1.21. The van der Waals surface area contributed by atoms with Crippen molar-refractivity contribution in [1.29, 1.82) is 0 Å². The Hall–Kier alpha value is -3.35. The van der Waals surface area contributed by atoms with E-state index in [1.807, 2.05) is 0 Å². The predicted molar refractivity (Wildman–Crippen MR) is 106 cm³/mol. The number of ether oxygens (including phenoxy) is 2. The van der Waals surface area contributed by atoms with Crippen LogP contribution in [0.4, 0.5) is 5.69 Å². The fourth-order valence-corrected chi connectivity index (χ4v) is 3.59. The summed E-state index contributed by atoms with van der Waals surface area (Å²) in [5.74, 6) is 0.942. The molecule has 2 aromatic carbocycles. The number of likely N-dealkylation sites (tertiary alicyclic amines) is 1. The summed E-state index contributed by atoms with van der Waals surface area (Å²) >= 11 is 0. The normalized spacial score (nSPS) is 15.8. The van der Waals surface area contributed by atoms with E-state index in [-0.39, 0.29) is 30.3 Å². The molecule has 0 unspecified atom stereocenters. The maximum absolute atomic E-state index is 12.8. The first-order chi connectivity index (χ1) is 14.0. The van der Waals surface area contributed by atoms with Crippen LogP contribution < -0.4 is 14.8 Å². The molecule has 0 saturated carbocycles. The van der Waals surface area contributed by atoms with Crippen molar-refractivity contribution in [2.24, 2.45) is 5.92 Å². The molecule has 1 N–H and O–H groups in total. The summed E-state index contributed by atoms with van der Waals surface area (Å²) in [4.78, 5) is 38.4. The molecule has 0 aliphatic carbocycles. The minimum atomic E-state index is -0.150. The molecule has 7 heteroatoms. The van der Waals surface area contributed by atoms with Crippen LogP contribution in [-0.4, -0.2) is 42.4 Å². The van der Waals surface area contributed by atoms with E-state index >= 15 is 0 Å². The summed E-state index contributed by atoms with van der Waals surface area (Å²) in [5, 5.41) is 2.90. The van der Waals surface area contributed by atoms with Crippen molar-refractivity contribution < 1.29 is 23.9 Å². The summed E-state index contributed by atoms with van der Waals surface area (Å²) in [5.41, 5.74) is 1.83. The highest BCUT2D eigenvalue weighted by molar-refractivity contribution is 5.97. The van der Waals surface area contributed by atoms with E-state index in [9.17, 15) is 14.4 Å². The molecule has 0 bridgehead atoms. The molecule has 2 aliphatic rings. The van der Waals surface area contributed by atoms with E-state index in [1.54, 1.807) is 47.4 Å². The topological polar surface area (TPSA) is 84.9 Å². The van der Waals surface area contributed by atoms with Gasteiger partial charge in [-0.25, -0.2) is 0 Å². The van der Waals surface area contributed by atoms with Gasteiger partial charge in [0.05, 0.1) is 0 Å². The van der Waals surface area contributed by atoms with Crippen molar-refractivity contribution in [2.75, 3.05) is 25.2 Å². The number of nitrogens with zero attached hydrogens (tertiary/aromatic N) is 1. The largest absolute Gasteiger partial charge is 0.454 e. The van der Waals surface area contributed by atoms with Gasteiger partial charge in [0.15, 0.2) is 17.3 Å². The number of nitrogens with one attached hydrogen (secondary N) is 1. The van der Waals surface area contributed by atoms with E-state index in [0.29, 0.717) is 54.2 Å². The van der Waals surface area contributed by atoms with Crippen LogP contribution in [0.5, 0.6) is 11.5 Å². The number of carbonyl (C=O) groups excluding carboxylic acids is 3. The van der Waals surface area contributed by atoms with Crippen LogP contribution in [0.2, 0.25) is 0 Å². The third-order valence-corrected chi connectivity index (χ3v) is 5.33. The molecule has 0 atom stereocenters. The maximum atomic E-state index is 12.8. The van der Waals surface area contributed by atoms with Gasteiger partial charge in [0.1, 0.15) is 0 Å². The number of rotatable bonds is 4. The molecule has 0 radical (unpaired) electrons. The molecule has 4 rings (SSSR count). The molecule has 1 saturated heterocycles. The minimum Gasteiger partial charge on any atom is -0.454 e. The summed E-state index contributed by atoms with van der Waals surface area (Å²) in [6, 6.07) is 12.0. The molecule has 2 heterocycles. The molecule has 2 aromatic rings. The Labute approximate surface area is 168 Å². The summed E-state index contributed by atoms with van der Waals surface area (Å²) < 4.78 is 10.6. The van der Waals surface area contributed by atoms with Gasteiger partial charge >= 0.3 is 0 Å². The monoisotopic (exact) mass is 394 g/mol. The van der Waals surface area contributed by atoms with Gasteiger partial charge in [0.2, 0.25) is 12.7 Å². The van der Waals surface area contributed by atoms with Gasteiger partial charge in [0, 0.05) is 35.8 Å². The fourth-order valence-electron chi connectivity index (χ4n) is 3.59. The van der Waals surface area contributed by atoms with Crippen molar-refractivity contribution >= 4 is 23.3 Å². The first kappa shape index (κ1) is 19.0. The second-order valence-electron chi connectivity index (χ2n) is 7.26. The second-order valence-corrected chi connectivity index (χ2v) is 7.26. The van der Waals surface area contributed by atoms with Crippen LogP contribution in [0.3, 0.4) is 0 Å². The molecule has 7 nitrogen and oxygen atoms in total. The van der Waals surface area contributed by atoms with Gasteiger partial charge in [-0.1, -0.05) is 0 Å². The minimum absolute atomic E-state index is 0.0117. The van der Waals surface area contributed by atoms with Gasteiger partial charge in [-0.2, -0.15) is 0 Å². The van der Waals surface area contributed by atoms with Crippen LogP contribution in [0.1, 0.15) is 40.5 Å². The Balaban J connectivity index is 1.32. The standard InChI is InChI=1S/C22H22N2O5/c1-14(25)15-2-5-18(6-3-15)23-21(26)16-8-10-24(11-9-16)22(27)17-4-7-19-20(12-17)29-13-28-19/h2-7,12,16H,8-11,13H2,1H3,(H,23,26). The van der Waals surface area contributed by atoms with E-state index in [1.165, 1.54) is 6.92 Å². The lowest BCUT2D eigenvalue weighted by Crippen LogP contribution is -2.41. The number of hydrogen-bond donors (Lipinski definition) is 1. The zero-order valence-corrected chi connectivity index (χ0v) is 16.1. The average Bonchev–Trinajstić information content (AvgIpc) is 3.21. The van der Waals surface area contributed by atoms with Gasteiger partial charge in [0.25, 0.3) is 5.91 Å². The van der Waals surface area contributed by atoms with Crippen LogP contribution in [-0.2, 0) is 4.79 Å². The predicted octanol–water partition coefficient (Wildman–Crippen LogP) is 3.11. The Bertz CT molecular complexity index is 946. The number of Topliss-reactive ketones (excluding diaryl/α,β-unsaturated/α-hetero) is 1. The third-order valence-electron chi connectivity index (χ3n) is 5.33. The Morgan fingerprint density at radius 2 is 1.59 bits per heavy atom. The van der Waals surface area contributed by atoms with Crippen LogP contribution in [0.25, 0.3) is 0 Å². The molecule has 1 fully saturated rings. The second kappa shape index (κ2) is 7.95. The van der Waals surface area contributed by atoms with E-state index in [4.69, 9.17) is 9.47 Å². The van der Waals surface area contributed by atoms with Gasteiger partial charge < -0.3 is 19.7 Å². The van der Waals surface area contributed by atoms with Crippen LogP contribution >= 0.6 is 0 Å². The number of hydrogen-bond acceptors (Lipinski definition) is 5. The number of amides is 2. The van der Waals surface area contributed by atoms with Gasteiger partial charge in [-0.15, -0.1) is 0 Å². The first-order valence-corrected chi connectivity index (χ1v) is 9.62. The quantitative estimate of drug-likeness (QED) is 0.806. The zero-order chi connectivity index (χ0) is 20.4. The molecule has 0 aromatic heterocycles. The lowest BCUT2D eigenvalue weighted by molar-refractivity contribution is -0.121. The maximum Gasteiger partial charge on any atom is 0.253 e. The molecule has 150 valence electrons. The molecule has 0 spiro atoms. The number of fused-ring (bicyclic) bond motifs is 1. The lowest BCUT2D eigenvalue weighted by Gasteiger charge is -2.31. The Kier molecular flexibility index (Phi) is 5.20. The van der Waals surface area contributed by atoms with E-state index in [0.717, 1.165) is 0 Å². The van der Waals surface area contributed by atoms with Crippen molar-refractivity contribution in [3.05, 3.63) is 53.6 Å². The fraction of sp³-hybridized carbons (Fsp3) is 0.318. The zero-order valence-electron chi connectivity index (χ0n) is 16.1. The molecular formula is C22H22N2O5. The van der Waals surface area contributed by atoms with Crippen LogP contribution in [0.15, 0.2) is 42.5 Å². The highest BCUT2D eigenvalue weighted by Gasteiger charge is 2.28. The van der Waals surface area contributed by atoms with Crippen LogP contribution in [0, 0.1) is 5.92 Å². The molecular weight excluding hydrogens is 372 g/mol. The van der Waals surface area contributed by atoms with Crippen molar-refractivity contribution in [2.45, 2.75) is 19.8 Å². The van der Waals surface area contributed by atoms with Gasteiger partial charge in [-0.3, -0.25) is 14.4 Å². The smallest absolute Gasteiger partial charge is 0.253 e.